The summed E-state index contributed by atoms with van der Waals surface area (Å²) in [6.07, 6.45) is 0.999. The lowest BCUT2D eigenvalue weighted by Gasteiger charge is -2.26. The number of benzene rings is 2. The number of urea groups is 1. The van der Waals surface area contributed by atoms with Crippen molar-refractivity contribution in [1.82, 2.24) is 14.9 Å². The fourth-order valence-electron chi connectivity index (χ4n) is 4.02. The van der Waals surface area contributed by atoms with E-state index in [0.717, 1.165) is 79.5 Å². The van der Waals surface area contributed by atoms with E-state index in [9.17, 15) is 13.6 Å². The highest BCUT2D eigenvalue weighted by molar-refractivity contribution is 7.17. The van der Waals surface area contributed by atoms with Gasteiger partial charge in [0, 0.05) is 42.6 Å². The molecule has 8 nitrogen and oxygen atoms in total. The Morgan fingerprint density at radius 1 is 0.973 bits per heavy atom. The average Bonchev–Trinajstić information content (AvgIpc) is 3.39. The third kappa shape index (κ3) is 6.37. The maximum atomic E-state index is 13.4. The van der Waals surface area contributed by atoms with Gasteiger partial charge < -0.3 is 20.7 Å². The molecule has 0 aliphatic carbocycles. The van der Waals surface area contributed by atoms with E-state index >= 15 is 0 Å². The van der Waals surface area contributed by atoms with Crippen molar-refractivity contribution in [2.45, 2.75) is 6.42 Å². The van der Waals surface area contributed by atoms with Crippen molar-refractivity contribution >= 4 is 44.8 Å². The lowest BCUT2D eigenvalue weighted by molar-refractivity contribution is 0.0378. The summed E-state index contributed by atoms with van der Waals surface area (Å²) < 4.78 is 32.9. The number of carbonyl (C=O) groups is 1. The first-order valence-corrected chi connectivity index (χ1v) is 12.9. The number of thiophene rings is 1. The molecule has 2 aromatic heterocycles. The molecule has 0 bridgehead atoms. The Labute approximate surface area is 216 Å². The van der Waals surface area contributed by atoms with Crippen molar-refractivity contribution < 1.29 is 18.3 Å². The lowest BCUT2D eigenvalue weighted by Crippen LogP contribution is -2.37. The Morgan fingerprint density at radius 3 is 2.51 bits per heavy atom. The molecule has 5 rings (SSSR count). The van der Waals surface area contributed by atoms with Crippen LogP contribution in [0.5, 0.6) is 0 Å². The van der Waals surface area contributed by atoms with E-state index in [2.05, 4.69) is 20.9 Å². The quantitative estimate of drug-likeness (QED) is 0.267. The van der Waals surface area contributed by atoms with Gasteiger partial charge in [-0.15, -0.1) is 11.3 Å². The van der Waals surface area contributed by atoms with Gasteiger partial charge in [-0.1, -0.05) is 0 Å². The number of amides is 2. The maximum absolute atomic E-state index is 13.4. The number of hydrogen-bond donors (Lipinski definition) is 3. The molecule has 0 spiro atoms. The Balaban J connectivity index is 1.22. The van der Waals surface area contributed by atoms with Crippen LogP contribution in [0.1, 0.15) is 6.42 Å². The number of aromatic nitrogens is 2. The Bertz CT molecular complexity index is 1380. The van der Waals surface area contributed by atoms with E-state index in [1.54, 1.807) is 23.5 Å². The van der Waals surface area contributed by atoms with Crippen LogP contribution in [0, 0.1) is 11.6 Å². The molecule has 0 radical (unpaired) electrons. The molecule has 11 heteroatoms. The summed E-state index contributed by atoms with van der Waals surface area (Å²) in [7, 11) is 0. The highest BCUT2D eigenvalue weighted by atomic mass is 32.1. The second-order valence-corrected chi connectivity index (χ2v) is 9.47. The summed E-state index contributed by atoms with van der Waals surface area (Å²) in [6.45, 7) is 5.36. The number of hydrogen-bond acceptors (Lipinski definition) is 7. The van der Waals surface area contributed by atoms with E-state index in [0.29, 0.717) is 11.5 Å². The van der Waals surface area contributed by atoms with E-state index in [1.807, 2.05) is 23.6 Å². The number of carbonyl (C=O) groups excluding carboxylic acids is 1. The van der Waals surface area contributed by atoms with Crippen molar-refractivity contribution in [2.75, 3.05) is 55.3 Å². The molecular weight excluding hydrogens is 498 g/mol. The number of anilines is 3. The van der Waals surface area contributed by atoms with Crippen molar-refractivity contribution in [3.05, 3.63) is 65.5 Å². The minimum Gasteiger partial charge on any atom is -0.379 e. The number of ether oxygens (including phenoxy) is 1. The highest BCUT2D eigenvalue weighted by Crippen LogP contribution is 2.29. The summed E-state index contributed by atoms with van der Waals surface area (Å²) in [5.74, 6) is -0.615. The standard InChI is InChI=1S/C26H26F2N6O2S/c27-20-7-6-19(16-21(20)28)31-26(35)30-18-4-2-17(3-5-18)24-32-22-8-15-37-23(22)25(33-24)29-9-1-10-34-11-13-36-14-12-34/h2-8,15-16H,1,9-14H2,(H,29,32,33)(H2,30,31,35). The van der Waals surface area contributed by atoms with Gasteiger partial charge in [-0.05, 0) is 60.8 Å². The van der Waals surface area contributed by atoms with Gasteiger partial charge in [0.1, 0.15) is 5.82 Å². The van der Waals surface area contributed by atoms with Gasteiger partial charge in [0.05, 0.1) is 23.4 Å². The van der Waals surface area contributed by atoms with Gasteiger partial charge >= 0.3 is 6.03 Å². The van der Waals surface area contributed by atoms with Gasteiger partial charge in [0.25, 0.3) is 0 Å². The first-order chi connectivity index (χ1) is 18.0. The number of nitrogens with zero attached hydrogens (tertiary/aromatic N) is 3. The SMILES string of the molecule is O=C(Nc1ccc(-c2nc(NCCCN3CCOCC3)c3sccc3n2)cc1)Nc1ccc(F)c(F)c1. The van der Waals surface area contributed by atoms with E-state index in [-0.39, 0.29) is 5.69 Å². The van der Waals surface area contributed by atoms with Crippen molar-refractivity contribution in [3.8, 4) is 11.4 Å². The Morgan fingerprint density at radius 2 is 1.73 bits per heavy atom. The zero-order valence-electron chi connectivity index (χ0n) is 20.0. The van der Waals surface area contributed by atoms with Crippen LogP contribution in [0.3, 0.4) is 0 Å². The topological polar surface area (TPSA) is 91.4 Å². The zero-order valence-corrected chi connectivity index (χ0v) is 20.8. The molecule has 1 saturated heterocycles. The van der Waals surface area contributed by atoms with Crippen molar-refractivity contribution in [1.29, 1.82) is 0 Å². The smallest absolute Gasteiger partial charge is 0.323 e. The van der Waals surface area contributed by atoms with Crippen LogP contribution in [0.15, 0.2) is 53.9 Å². The third-order valence-corrected chi connectivity index (χ3v) is 6.84. The molecule has 3 N–H and O–H groups in total. The molecule has 1 aliphatic heterocycles. The molecule has 1 fully saturated rings. The van der Waals surface area contributed by atoms with Crippen molar-refractivity contribution in [2.24, 2.45) is 0 Å². The number of morpholine rings is 1. The average molecular weight is 525 g/mol. The fourth-order valence-corrected chi connectivity index (χ4v) is 4.81. The summed E-state index contributed by atoms with van der Waals surface area (Å²) in [5.41, 5.74) is 2.35. The number of halogens is 2. The summed E-state index contributed by atoms with van der Waals surface area (Å²) >= 11 is 1.60. The first kappa shape index (κ1) is 25.0. The molecule has 2 aromatic carbocycles. The summed E-state index contributed by atoms with van der Waals surface area (Å²) in [4.78, 5) is 24.1. The van der Waals surface area contributed by atoms with Crippen LogP contribution in [0.25, 0.3) is 21.6 Å². The minimum absolute atomic E-state index is 0.149. The van der Waals surface area contributed by atoms with Gasteiger partial charge in [0.15, 0.2) is 17.5 Å². The predicted molar refractivity (Wildman–Crippen MR) is 142 cm³/mol. The monoisotopic (exact) mass is 524 g/mol. The molecule has 0 atom stereocenters. The molecule has 4 aromatic rings. The lowest BCUT2D eigenvalue weighted by atomic mass is 10.2. The van der Waals surface area contributed by atoms with Gasteiger partial charge in [-0.2, -0.15) is 0 Å². The molecular formula is C26H26F2N6O2S. The Hall–Kier alpha value is -3.67. The van der Waals surface area contributed by atoms with Crippen LogP contribution in [-0.4, -0.2) is 60.3 Å². The van der Waals surface area contributed by atoms with Gasteiger partial charge in [-0.25, -0.2) is 23.5 Å². The van der Waals surface area contributed by atoms with Crippen LogP contribution in [-0.2, 0) is 4.74 Å². The molecule has 0 unspecified atom stereocenters. The third-order valence-electron chi connectivity index (χ3n) is 5.93. The second-order valence-electron chi connectivity index (χ2n) is 8.55. The van der Waals surface area contributed by atoms with Crippen LogP contribution < -0.4 is 16.0 Å². The highest BCUT2D eigenvalue weighted by Gasteiger charge is 2.13. The maximum Gasteiger partial charge on any atom is 0.323 e. The van der Waals surface area contributed by atoms with Crippen LogP contribution in [0.4, 0.5) is 30.8 Å². The van der Waals surface area contributed by atoms with Crippen LogP contribution >= 0.6 is 11.3 Å². The van der Waals surface area contributed by atoms with Crippen molar-refractivity contribution in [3.63, 3.8) is 0 Å². The van der Waals surface area contributed by atoms with Gasteiger partial charge in [0.2, 0.25) is 0 Å². The largest absolute Gasteiger partial charge is 0.379 e. The zero-order chi connectivity index (χ0) is 25.6. The first-order valence-electron chi connectivity index (χ1n) is 12.0. The molecule has 192 valence electrons. The molecule has 1 aliphatic rings. The summed E-state index contributed by atoms with van der Waals surface area (Å²) in [5, 5.41) is 10.6. The van der Waals surface area contributed by atoms with E-state index < -0.39 is 17.7 Å². The fraction of sp³-hybridized carbons (Fsp3) is 0.269. The van der Waals surface area contributed by atoms with Crippen LogP contribution in [0.2, 0.25) is 0 Å². The van der Waals surface area contributed by atoms with Gasteiger partial charge in [-0.3, -0.25) is 4.90 Å². The van der Waals surface area contributed by atoms with E-state index in [1.165, 1.54) is 6.07 Å². The minimum atomic E-state index is -1.03. The number of rotatable bonds is 8. The number of fused-ring (bicyclic) bond motifs is 1. The normalized spacial score (nSPS) is 14.0. The molecule has 3 heterocycles. The van der Waals surface area contributed by atoms with E-state index in [4.69, 9.17) is 14.7 Å². The summed E-state index contributed by atoms with van der Waals surface area (Å²) in [6, 6.07) is 11.7. The Kier molecular flexibility index (Phi) is 7.83. The second kappa shape index (κ2) is 11.6. The molecule has 37 heavy (non-hydrogen) atoms. The molecule has 0 saturated carbocycles. The number of nitrogens with one attached hydrogen (secondary N) is 3. The molecule has 2 amide bonds. The predicted octanol–water partition coefficient (Wildman–Crippen LogP) is 5.41.